The van der Waals surface area contributed by atoms with Gasteiger partial charge in [-0.1, -0.05) is 34.6 Å². The molecule has 1 aromatic carbocycles. The predicted molar refractivity (Wildman–Crippen MR) is 81.3 cm³/mol. The van der Waals surface area contributed by atoms with Gasteiger partial charge in [0, 0.05) is 12.2 Å². The minimum absolute atomic E-state index is 0.140. The zero-order chi connectivity index (χ0) is 14.7. The van der Waals surface area contributed by atoms with Crippen molar-refractivity contribution in [2.45, 2.75) is 39.5 Å². The van der Waals surface area contributed by atoms with Crippen molar-refractivity contribution in [2.24, 2.45) is 11.3 Å². The SMILES string of the molecule is CCS(=O)(=O)c1ccc(NCC(C)C(C)(C)C)cc1. The summed E-state index contributed by atoms with van der Waals surface area (Å²) in [5.74, 6) is 0.674. The number of hydrogen-bond donors (Lipinski definition) is 1. The molecule has 0 aliphatic heterocycles. The monoisotopic (exact) mass is 283 g/mol. The van der Waals surface area contributed by atoms with E-state index in [2.05, 4.69) is 33.0 Å². The molecule has 0 fully saturated rings. The Bertz CT molecular complexity index is 498. The van der Waals surface area contributed by atoms with Crippen molar-refractivity contribution in [1.29, 1.82) is 0 Å². The maximum atomic E-state index is 11.7. The highest BCUT2D eigenvalue weighted by molar-refractivity contribution is 7.91. The van der Waals surface area contributed by atoms with Gasteiger partial charge in [-0.25, -0.2) is 8.42 Å². The average Bonchev–Trinajstić information content (AvgIpc) is 2.35. The van der Waals surface area contributed by atoms with Gasteiger partial charge in [0.05, 0.1) is 10.6 Å². The summed E-state index contributed by atoms with van der Waals surface area (Å²) < 4.78 is 23.4. The molecule has 3 nitrogen and oxygen atoms in total. The lowest BCUT2D eigenvalue weighted by atomic mass is 9.82. The maximum absolute atomic E-state index is 11.7. The van der Waals surface area contributed by atoms with Gasteiger partial charge in [0.2, 0.25) is 0 Å². The first-order valence-electron chi connectivity index (χ1n) is 6.73. The van der Waals surface area contributed by atoms with Gasteiger partial charge in [-0.15, -0.1) is 0 Å². The van der Waals surface area contributed by atoms with Crippen molar-refractivity contribution in [1.82, 2.24) is 0 Å². The third-order valence-corrected chi connectivity index (χ3v) is 5.43. The van der Waals surface area contributed by atoms with Crippen LogP contribution in [0.4, 0.5) is 5.69 Å². The summed E-state index contributed by atoms with van der Waals surface area (Å²) in [5, 5.41) is 3.35. The van der Waals surface area contributed by atoms with E-state index in [-0.39, 0.29) is 11.2 Å². The fourth-order valence-electron chi connectivity index (χ4n) is 1.52. The molecule has 1 N–H and O–H groups in total. The molecule has 4 heteroatoms. The second-order valence-electron chi connectivity index (χ2n) is 6.08. The van der Waals surface area contributed by atoms with Crippen LogP contribution >= 0.6 is 0 Å². The van der Waals surface area contributed by atoms with E-state index in [1.807, 2.05) is 12.1 Å². The number of benzene rings is 1. The minimum atomic E-state index is -3.10. The highest BCUT2D eigenvalue weighted by Gasteiger charge is 2.19. The highest BCUT2D eigenvalue weighted by Crippen LogP contribution is 2.25. The van der Waals surface area contributed by atoms with E-state index in [1.54, 1.807) is 19.1 Å². The van der Waals surface area contributed by atoms with E-state index < -0.39 is 9.84 Å². The van der Waals surface area contributed by atoms with Crippen molar-refractivity contribution in [3.63, 3.8) is 0 Å². The molecule has 0 amide bonds. The van der Waals surface area contributed by atoms with Gasteiger partial charge in [-0.2, -0.15) is 0 Å². The van der Waals surface area contributed by atoms with E-state index in [1.165, 1.54) is 0 Å². The largest absolute Gasteiger partial charge is 0.385 e. The van der Waals surface area contributed by atoms with Crippen LogP contribution in [0, 0.1) is 11.3 Å². The van der Waals surface area contributed by atoms with Crippen molar-refractivity contribution < 1.29 is 8.42 Å². The van der Waals surface area contributed by atoms with Crippen LogP contribution in [-0.4, -0.2) is 20.7 Å². The number of hydrogen-bond acceptors (Lipinski definition) is 3. The third-order valence-electron chi connectivity index (χ3n) is 3.68. The second kappa shape index (κ2) is 5.95. The first-order valence-corrected chi connectivity index (χ1v) is 8.38. The van der Waals surface area contributed by atoms with Crippen LogP contribution < -0.4 is 5.32 Å². The molecule has 19 heavy (non-hydrogen) atoms. The van der Waals surface area contributed by atoms with Gasteiger partial charge in [0.15, 0.2) is 9.84 Å². The summed E-state index contributed by atoms with van der Waals surface area (Å²) >= 11 is 0. The van der Waals surface area contributed by atoms with Crippen LogP contribution in [0.5, 0.6) is 0 Å². The third kappa shape index (κ3) is 4.53. The van der Waals surface area contributed by atoms with E-state index in [0.717, 1.165) is 12.2 Å². The summed E-state index contributed by atoms with van der Waals surface area (Å²) in [4.78, 5) is 0.393. The molecule has 1 rings (SSSR count). The van der Waals surface area contributed by atoms with E-state index in [9.17, 15) is 8.42 Å². The fourth-order valence-corrected chi connectivity index (χ4v) is 2.41. The van der Waals surface area contributed by atoms with Gasteiger partial charge in [0.25, 0.3) is 0 Å². The van der Waals surface area contributed by atoms with Gasteiger partial charge >= 0.3 is 0 Å². The number of rotatable bonds is 5. The Labute approximate surface area is 117 Å². The minimum Gasteiger partial charge on any atom is -0.385 e. The van der Waals surface area contributed by atoms with Gasteiger partial charge in [-0.3, -0.25) is 0 Å². The molecule has 1 atom stereocenters. The number of sulfone groups is 1. The van der Waals surface area contributed by atoms with Crippen LogP contribution in [0.15, 0.2) is 29.2 Å². The van der Waals surface area contributed by atoms with E-state index in [4.69, 9.17) is 0 Å². The van der Waals surface area contributed by atoms with Crippen molar-refractivity contribution in [3.05, 3.63) is 24.3 Å². The Morgan fingerprint density at radius 3 is 2.11 bits per heavy atom. The van der Waals surface area contributed by atoms with Gasteiger partial charge < -0.3 is 5.32 Å². The topological polar surface area (TPSA) is 46.2 Å². The van der Waals surface area contributed by atoms with Crippen LogP contribution in [0.1, 0.15) is 34.6 Å². The fraction of sp³-hybridized carbons (Fsp3) is 0.600. The quantitative estimate of drug-likeness (QED) is 0.898. The summed E-state index contributed by atoms with van der Waals surface area (Å²) in [7, 11) is -3.10. The van der Waals surface area contributed by atoms with Gasteiger partial charge in [-0.05, 0) is 35.6 Å². The van der Waals surface area contributed by atoms with E-state index >= 15 is 0 Å². The van der Waals surface area contributed by atoms with Crippen LogP contribution in [0.25, 0.3) is 0 Å². The molecule has 0 heterocycles. The first kappa shape index (κ1) is 16.0. The number of anilines is 1. The molecule has 1 unspecified atom stereocenters. The Balaban J connectivity index is 2.69. The Morgan fingerprint density at radius 1 is 1.16 bits per heavy atom. The Morgan fingerprint density at radius 2 is 1.68 bits per heavy atom. The molecular weight excluding hydrogens is 258 g/mol. The summed E-state index contributed by atoms with van der Waals surface area (Å²) in [6, 6.07) is 7.00. The lowest BCUT2D eigenvalue weighted by Gasteiger charge is -2.27. The summed E-state index contributed by atoms with van der Waals surface area (Å²) in [5.41, 5.74) is 1.23. The highest BCUT2D eigenvalue weighted by atomic mass is 32.2. The van der Waals surface area contributed by atoms with Crippen molar-refractivity contribution in [3.8, 4) is 0 Å². The van der Waals surface area contributed by atoms with Gasteiger partial charge in [0.1, 0.15) is 0 Å². The molecule has 0 bridgehead atoms. The normalized spacial score (nSPS) is 14.2. The van der Waals surface area contributed by atoms with E-state index in [0.29, 0.717) is 10.8 Å². The standard InChI is InChI=1S/C15H25NO2S/c1-6-19(17,18)14-9-7-13(8-10-14)16-11-12(2)15(3,4)5/h7-10,12,16H,6,11H2,1-5H3. The molecule has 0 aromatic heterocycles. The Hall–Kier alpha value is -1.03. The zero-order valence-electron chi connectivity index (χ0n) is 12.5. The van der Waals surface area contributed by atoms with Crippen LogP contribution in [0.2, 0.25) is 0 Å². The van der Waals surface area contributed by atoms with Crippen LogP contribution in [-0.2, 0) is 9.84 Å². The Kier molecular flexibility index (Phi) is 5.02. The molecule has 1 aromatic rings. The van der Waals surface area contributed by atoms with Crippen LogP contribution in [0.3, 0.4) is 0 Å². The molecule has 0 saturated carbocycles. The first-order chi connectivity index (χ1) is 8.66. The maximum Gasteiger partial charge on any atom is 0.178 e. The molecule has 0 aliphatic rings. The molecule has 0 aliphatic carbocycles. The van der Waals surface area contributed by atoms with Crippen molar-refractivity contribution in [2.75, 3.05) is 17.6 Å². The molecular formula is C15H25NO2S. The second-order valence-corrected chi connectivity index (χ2v) is 8.35. The number of nitrogens with one attached hydrogen (secondary N) is 1. The smallest absolute Gasteiger partial charge is 0.178 e. The average molecular weight is 283 g/mol. The lowest BCUT2D eigenvalue weighted by Crippen LogP contribution is -2.24. The zero-order valence-corrected chi connectivity index (χ0v) is 13.3. The van der Waals surface area contributed by atoms with Crippen molar-refractivity contribution >= 4 is 15.5 Å². The predicted octanol–water partition coefficient (Wildman–Crippen LogP) is 3.57. The molecule has 0 radical (unpaired) electrons. The lowest BCUT2D eigenvalue weighted by molar-refractivity contribution is 0.274. The summed E-state index contributed by atoms with van der Waals surface area (Å²) in [6.45, 7) is 11.4. The molecule has 0 spiro atoms. The molecule has 108 valence electrons. The summed E-state index contributed by atoms with van der Waals surface area (Å²) in [6.07, 6.45) is 0. The molecule has 0 saturated heterocycles.